The molecular formula is C22H30ClN3O2+2. The van der Waals surface area contributed by atoms with Crippen LogP contribution in [0.5, 0.6) is 5.75 Å². The molecule has 1 aliphatic heterocycles. The van der Waals surface area contributed by atoms with Crippen molar-refractivity contribution < 1.29 is 19.3 Å². The first-order valence-electron chi connectivity index (χ1n) is 9.88. The molecule has 0 saturated carbocycles. The minimum atomic E-state index is -0.00819. The quantitative estimate of drug-likeness (QED) is 0.631. The average Bonchev–Trinajstić information content (AvgIpc) is 2.70. The lowest BCUT2D eigenvalue weighted by Crippen LogP contribution is -3.28. The van der Waals surface area contributed by atoms with E-state index in [1.54, 1.807) is 12.0 Å². The maximum Gasteiger partial charge on any atom is 0.275 e. The summed E-state index contributed by atoms with van der Waals surface area (Å²) in [5.74, 6) is 1.00. The Labute approximate surface area is 172 Å². The Morgan fingerprint density at radius 1 is 1.04 bits per heavy atom. The van der Waals surface area contributed by atoms with E-state index in [0.717, 1.165) is 44.0 Å². The van der Waals surface area contributed by atoms with E-state index in [2.05, 4.69) is 17.4 Å². The molecule has 0 spiro atoms. The summed E-state index contributed by atoms with van der Waals surface area (Å²) in [6.45, 7) is 7.78. The van der Waals surface area contributed by atoms with Crippen LogP contribution in [0.2, 0.25) is 5.02 Å². The number of rotatable bonds is 7. The Morgan fingerprint density at radius 2 is 1.64 bits per heavy atom. The lowest BCUT2D eigenvalue weighted by molar-refractivity contribution is -1.02. The fourth-order valence-electron chi connectivity index (χ4n) is 3.70. The van der Waals surface area contributed by atoms with Gasteiger partial charge in [0.1, 0.15) is 38.5 Å². The summed E-state index contributed by atoms with van der Waals surface area (Å²) in [4.78, 5) is 15.4. The van der Waals surface area contributed by atoms with Gasteiger partial charge in [-0.2, -0.15) is 0 Å². The number of hydrogen-bond acceptors (Lipinski definition) is 2. The Hall–Kier alpha value is -2.08. The van der Waals surface area contributed by atoms with E-state index in [1.165, 1.54) is 10.5 Å². The van der Waals surface area contributed by atoms with Crippen LogP contribution in [0.3, 0.4) is 0 Å². The molecule has 1 amide bonds. The summed E-state index contributed by atoms with van der Waals surface area (Å²) in [6, 6.07) is 15.9. The second-order valence-electron chi connectivity index (χ2n) is 7.54. The third-order valence-corrected chi connectivity index (χ3v) is 5.69. The number of quaternary nitrogens is 2. The Kier molecular flexibility index (Phi) is 7.31. The maximum atomic E-state index is 12.4. The number of methoxy groups -OCH3 is 1. The van der Waals surface area contributed by atoms with Crippen molar-refractivity contribution in [1.82, 2.24) is 5.32 Å². The lowest BCUT2D eigenvalue weighted by atomic mass is 10.1. The number of benzene rings is 2. The van der Waals surface area contributed by atoms with E-state index in [0.29, 0.717) is 11.6 Å². The van der Waals surface area contributed by atoms with Crippen molar-refractivity contribution in [2.75, 3.05) is 39.8 Å². The summed E-state index contributed by atoms with van der Waals surface area (Å²) in [5.41, 5.74) is 2.40. The number of ether oxygens (including phenoxy) is 1. The molecule has 2 aromatic carbocycles. The van der Waals surface area contributed by atoms with E-state index in [1.807, 2.05) is 43.3 Å². The largest absolute Gasteiger partial charge is 0.497 e. The zero-order valence-electron chi connectivity index (χ0n) is 16.6. The van der Waals surface area contributed by atoms with Crippen molar-refractivity contribution in [1.29, 1.82) is 0 Å². The van der Waals surface area contributed by atoms with Crippen molar-refractivity contribution in [3.05, 3.63) is 64.7 Å². The second-order valence-corrected chi connectivity index (χ2v) is 7.98. The van der Waals surface area contributed by atoms with Crippen LogP contribution in [0.1, 0.15) is 24.1 Å². The van der Waals surface area contributed by atoms with Gasteiger partial charge in [-0.1, -0.05) is 23.7 Å². The predicted molar refractivity (Wildman–Crippen MR) is 111 cm³/mol. The minimum Gasteiger partial charge on any atom is -0.497 e. The molecule has 0 unspecified atom stereocenters. The van der Waals surface area contributed by atoms with E-state index in [9.17, 15) is 4.79 Å². The van der Waals surface area contributed by atoms with E-state index < -0.39 is 0 Å². The number of amides is 1. The van der Waals surface area contributed by atoms with Gasteiger partial charge in [-0.05, 0) is 48.9 Å². The lowest BCUT2D eigenvalue weighted by Gasteiger charge is -2.29. The fourth-order valence-corrected chi connectivity index (χ4v) is 3.82. The summed E-state index contributed by atoms with van der Waals surface area (Å²) in [7, 11) is 1.69. The molecule has 0 radical (unpaired) electrons. The molecule has 0 aliphatic carbocycles. The fraction of sp³-hybridized carbons (Fsp3) is 0.409. The third kappa shape index (κ3) is 5.96. The van der Waals surface area contributed by atoms with Crippen molar-refractivity contribution in [3.63, 3.8) is 0 Å². The highest BCUT2D eigenvalue weighted by Crippen LogP contribution is 2.15. The topological polar surface area (TPSA) is 47.2 Å². The first-order valence-corrected chi connectivity index (χ1v) is 10.3. The zero-order valence-corrected chi connectivity index (χ0v) is 17.4. The van der Waals surface area contributed by atoms with Gasteiger partial charge in [0, 0.05) is 10.6 Å². The Morgan fingerprint density at radius 3 is 2.25 bits per heavy atom. The molecule has 28 heavy (non-hydrogen) atoms. The van der Waals surface area contributed by atoms with Gasteiger partial charge in [-0.3, -0.25) is 4.79 Å². The molecule has 1 fully saturated rings. The van der Waals surface area contributed by atoms with Crippen LogP contribution in [0.15, 0.2) is 48.5 Å². The van der Waals surface area contributed by atoms with Gasteiger partial charge in [0.15, 0.2) is 6.54 Å². The summed E-state index contributed by atoms with van der Waals surface area (Å²) in [5, 5.41) is 3.81. The number of halogens is 1. The molecule has 1 heterocycles. The van der Waals surface area contributed by atoms with E-state index in [-0.39, 0.29) is 11.9 Å². The highest BCUT2D eigenvalue weighted by atomic mass is 35.5. The van der Waals surface area contributed by atoms with Gasteiger partial charge < -0.3 is 19.9 Å². The maximum absolute atomic E-state index is 12.4. The van der Waals surface area contributed by atoms with Gasteiger partial charge in [-0.15, -0.1) is 0 Å². The minimum absolute atomic E-state index is 0.00819. The Balaban J connectivity index is 1.40. The molecule has 1 aliphatic rings. The Bertz CT molecular complexity index is 756. The number of piperazine rings is 1. The second kappa shape index (κ2) is 9.92. The number of carbonyl (C=O) groups excluding carboxylic acids is 1. The summed E-state index contributed by atoms with van der Waals surface area (Å²) >= 11 is 5.93. The van der Waals surface area contributed by atoms with Crippen molar-refractivity contribution in [3.8, 4) is 5.75 Å². The monoisotopic (exact) mass is 403 g/mol. The number of nitrogens with one attached hydrogen (secondary N) is 3. The first-order chi connectivity index (χ1) is 13.5. The molecular weight excluding hydrogens is 374 g/mol. The van der Waals surface area contributed by atoms with Crippen molar-refractivity contribution >= 4 is 17.5 Å². The molecule has 0 bridgehead atoms. The highest BCUT2D eigenvalue weighted by molar-refractivity contribution is 6.30. The summed E-state index contributed by atoms with van der Waals surface area (Å²) < 4.78 is 5.22. The van der Waals surface area contributed by atoms with Crippen molar-refractivity contribution in [2.45, 2.75) is 19.5 Å². The van der Waals surface area contributed by atoms with Gasteiger partial charge in [0.2, 0.25) is 0 Å². The normalized spacial score (nSPS) is 20.4. The van der Waals surface area contributed by atoms with Crippen LogP contribution in [0, 0.1) is 0 Å². The van der Waals surface area contributed by atoms with Crippen LogP contribution in [-0.2, 0) is 11.3 Å². The van der Waals surface area contributed by atoms with Gasteiger partial charge >= 0.3 is 0 Å². The van der Waals surface area contributed by atoms with E-state index >= 15 is 0 Å². The van der Waals surface area contributed by atoms with Gasteiger partial charge in [0.25, 0.3) is 5.91 Å². The van der Waals surface area contributed by atoms with Crippen LogP contribution in [0.4, 0.5) is 0 Å². The third-order valence-electron chi connectivity index (χ3n) is 5.44. The number of hydrogen-bond donors (Lipinski definition) is 3. The van der Waals surface area contributed by atoms with Gasteiger partial charge in [-0.25, -0.2) is 0 Å². The molecule has 3 N–H and O–H groups in total. The molecule has 5 nitrogen and oxygen atoms in total. The van der Waals surface area contributed by atoms with Crippen molar-refractivity contribution in [2.24, 2.45) is 0 Å². The zero-order chi connectivity index (χ0) is 19.9. The molecule has 1 atom stereocenters. The molecule has 150 valence electrons. The molecule has 2 aromatic rings. The average molecular weight is 404 g/mol. The number of carbonyl (C=O) groups is 1. The molecule has 1 saturated heterocycles. The first kappa shape index (κ1) is 20.6. The standard InChI is InChI=1S/C22H28ClN3O2/c1-17(19-5-7-20(23)8-6-19)24-22(27)16-26-13-11-25(12-14-26)15-18-3-9-21(28-2)10-4-18/h3-10,17H,11-16H2,1-2H3,(H,24,27)/p+2/t17-/m0/s1. The van der Waals surface area contributed by atoms with Gasteiger partial charge in [0.05, 0.1) is 13.2 Å². The van der Waals surface area contributed by atoms with Crippen LogP contribution < -0.4 is 19.9 Å². The molecule has 0 aromatic heterocycles. The smallest absolute Gasteiger partial charge is 0.275 e. The van der Waals surface area contributed by atoms with Crippen LogP contribution in [0.25, 0.3) is 0 Å². The van der Waals surface area contributed by atoms with Crippen LogP contribution >= 0.6 is 11.6 Å². The highest BCUT2D eigenvalue weighted by Gasteiger charge is 2.25. The SMILES string of the molecule is COc1ccc(C[NH+]2CC[NH+](CC(=O)N[C@@H](C)c3ccc(Cl)cc3)CC2)cc1. The van der Waals surface area contributed by atoms with Crippen LogP contribution in [-0.4, -0.2) is 45.7 Å². The summed E-state index contributed by atoms with van der Waals surface area (Å²) in [6.07, 6.45) is 0. The molecule has 6 heteroatoms. The predicted octanol–water partition coefficient (Wildman–Crippen LogP) is 0.509. The molecule has 3 rings (SSSR count). The van der Waals surface area contributed by atoms with E-state index in [4.69, 9.17) is 16.3 Å².